The van der Waals surface area contributed by atoms with Gasteiger partial charge in [0.25, 0.3) is 0 Å². The summed E-state index contributed by atoms with van der Waals surface area (Å²) in [6, 6.07) is 0. The minimum Gasteiger partial charge on any atom is -0.465 e. The molecule has 6 nitrogen and oxygen atoms in total. The van der Waals surface area contributed by atoms with Crippen molar-refractivity contribution in [3.8, 4) is 0 Å². The molecule has 3 N–H and O–H groups in total. The van der Waals surface area contributed by atoms with E-state index in [1.165, 1.54) is 18.4 Å². The van der Waals surface area contributed by atoms with Gasteiger partial charge in [0.15, 0.2) is 5.78 Å². The topological polar surface area (TPSA) is 84.7 Å². The molecule has 0 fully saturated rings. The van der Waals surface area contributed by atoms with Crippen LogP contribution in [0.1, 0.15) is 39.8 Å². The smallest absolute Gasteiger partial charge is 0.343 e. The molecule has 0 radical (unpaired) electrons. The van der Waals surface area contributed by atoms with Gasteiger partial charge in [-0.1, -0.05) is 6.92 Å². The number of esters is 1. The Kier molecular flexibility index (Phi) is 6.64. The van der Waals surface area contributed by atoms with Crippen molar-refractivity contribution in [1.29, 1.82) is 0 Å². The average Bonchev–Trinajstić information content (AvgIpc) is 2.78. The number of hydrogen-bond acceptors (Lipinski definition) is 7. The number of ether oxygens (including phenoxy) is 1. The van der Waals surface area contributed by atoms with Crippen molar-refractivity contribution in [2.45, 2.75) is 19.8 Å². The van der Waals surface area contributed by atoms with Gasteiger partial charge in [-0.05, 0) is 27.1 Å². The normalized spacial score (nSPS) is 10.7. The van der Waals surface area contributed by atoms with Crippen LogP contribution in [0.15, 0.2) is 0 Å². The third-order valence-corrected chi connectivity index (χ3v) is 4.18. The first-order chi connectivity index (χ1) is 9.92. The molecule has 0 bridgehead atoms. The highest BCUT2D eigenvalue weighted by Crippen LogP contribution is 2.37. The Balaban J connectivity index is 2.95. The summed E-state index contributed by atoms with van der Waals surface area (Å²) in [4.78, 5) is 26.2. The number of carbonyl (C=O) groups excluding carboxylic acids is 2. The first kappa shape index (κ1) is 17.5. The van der Waals surface area contributed by atoms with Gasteiger partial charge in [-0.2, -0.15) is 0 Å². The summed E-state index contributed by atoms with van der Waals surface area (Å²) in [6.07, 6.45) is 1.27. The van der Waals surface area contributed by atoms with Crippen molar-refractivity contribution in [3.63, 3.8) is 0 Å². The van der Waals surface area contributed by atoms with Gasteiger partial charge < -0.3 is 20.7 Å². The molecule has 21 heavy (non-hydrogen) atoms. The molecule has 118 valence electrons. The summed E-state index contributed by atoms with van der Waals surface area (Å²) in [5.41, 5.74) is 6.43. The van der Waals surface area contributed by atoms with Crippen LogP contribution in [0, 0.1) is 0 Å². The summed E-state index contributed by atoms with van der Waals surface area (Å²) >= 11 is 1.22. The standard InChI is InChI=1S/C14H23N3O3S/c1-5-9(18)12-11(15)10(14(19)20-4)13(21-12)16-7-6-8-17(2)3/h16H,5-8,15H2,1-4H3. The molecule has 1 rings (SSSR count). The Hall–Kier alpha value is -1.60. The number of carbonyl (C=O) groups is 2. The fraction of sp³-hybridized carbons (Fsp3) is 0.571. The average molecular weight is 313 g/mol. The van der Waals surface area contributed by atoms with E-state index in [0.29, 0.717) is 22.8 Å². The van der Waals surface area contributed by atoms with Gasteiger partial charge in [0.2, 0.25) is 0 Å². The summed E-state index contributed by atoms with van der Waals surface area (Å²) in [5, 5.41) is 3.79. The van der Waals surface area contributed by atoms with E-state index >= 15 is 0 Å². The lowest BCUT2D eigenvalue weighted by atomic mass is 10.2. The van der Waals surface area contributed by atoms with Crippen molar-refractivity contribution in [3.05, 3.63) is 10.4 Å². The van der Waals surface area contributed by atoms with Crippen LogP contribution in [0.3, 0.4) is 0 Å². The van der Waals surface area contributed by atoms with Crippen LogP contribution < -0.4 is 11.1 Å². The van der Waals surface area contributed by atoms with E-state index in [1.54, 1.807) is 6.92 Å². The van der Waals surface area contributed by atoms with E-state index in [0.717, 1.165) is 13.0 Å². The quantitative estimate of drug-likeness (QED) is 0.434. The van der Waals surface area contributed by atoms with E-state index < -0.39 is 5.97 Å². The first-order valence-electron chi connectivity index (χ1n) is 6.84. The lowest BCUT2D eigenvalue weighted by Crippen LogP contribution is -2.17. The molecule has 0 aliphatic rings. The fourth-order valence-electron chi connectivity index (χ4n) is 1.84. The molecule has 0 unspecified atom stereocenters. The molecule has 1 aromatic heterocycles. The van der Waals surface area contributed by atoms with Crippen LogP contribution in [0.25, 0.3) is 0 Å². The van der Waals surface area contributed by atoms with Gasteiger partial charge in [0.05, 0.1) is 17.7 Å². The molecule has 0 saturated carbocycles. The second-order valence-electron chi connectivity index (χ2n) is 4.90. The number of anilines is 2. The zero-order valence-corrected chi connectivity index (χ0v) is 13.8. The van der Waals surface area contributed by atoms with Gasteiger partial charge in [-0.15, -0.1) is 11.3 Å². The molecule has 1 aromatic rings. The molecule has 0 amide bonds. The van der Waals surface area contributed by atoms with Crippen LogP contribution in [0.2, 0.25) is 0 Å². The van der Waals surface area contributed by atoms with E-state index in [-0.39, 0.29) is 17.0 Å². The highest BCUT2D eigenvalue weighted by molar-refractivity contribution is 7.19. The second-order valence-corrected chi connectivity index (χ2v) is 5.92. The Morgan fingerprint density at radius 1 is 1.38 bits per heavy atom. The van der Waals surface area contributed by atoms with Gasteiger partial charge in [0.1, 0.15) is 10.6 Å². The SMILES string of the molecule is CCC(=O)c1sc(NCCCN(C)C)c(C(=O)OC)c1N. The summed E-state index contributed by atoms with van der Waals surface area (Å²) in [7, 11) is 5.30. The third-order valence-electron chi connectivity index (χ3n) is 2.98. The molecule has 0 spiro atoms. The molecule has 0 aromatic carbocycles. The minimum absolute atomic E-state index is 0.0657. The van der Waals surface area contributed by atoms with E-state index in [1.807, 2.05) is 14.1 Å². The van der Waals surface area contributed by atoms with Gasteiger partial charge >= 0.3 is 5.97 Å². The number of rotatable bonds is 8. The van der Waals surface area contributed by atoms with Crippen LogP contribution in [0.4, 0.5) is 10.7 Å². The second kappa shape index (κ2) is 7.99. The Labute approximate surface area is 129 Å². The van der Waals surface area contributed by atoms with Crippen LogP contribution >= 0.6 is 11.3 Å². The molecule has 1 heterocycles. The summed E-state index contributed by atoms with van der Waals surface area (Å²) < 4.78 is 4.76. The monoisotopic (exact) mass is 313 g/mol. The fourth-order valence-corrected chi connectivity index (χ4v) is 2.98. The summed E-state index contributed by atoms with van der Waals surface area (Å²) in [5.74, 6) is -0.585. The highest BCUT2D eigenvalue weighted by atomic mass is 32.1. The number of methoxy groups -OCH3 is 1. The van der Waals surface area contributed by atoms with Crippen LogP contribution in [0.5, 0.6) is 0 Å². The van der Waals surface area contributed by atoms with E-state index in [9.17, 15) is 9.59 Å². The van der Waals surface area contributed by atoms with Crippen molar-refractivity contribution in [2.75, 3.05) is 45.3 Å². The van der Waals surface area contributed by atoms with Crippen molar-refractivity contribution in [2.24, 2.45) is 0 Å². The predicted octanol–water partition coefficient (Wildman–Crippen LogP) is 2.07. The zero-order valence-electron chi connectivity index (χ0n) is 13.0. The maximum absolute atomic E-state index is 11.9. The number of nitrogens with one attached hydrogen (secondary N) is 1. The Bertz CT molecular complexity index is 512. The van der Waals surface area contributed by atoms with Crippen molar-refractivity contribution >= 4 is 33.8 Å². The lowest BCUT2D eigenvalue weighted by Gasteiger charge is -2.10. The van der Waals surface area contributed by atoms with Gasteiger partial charge in [-0.25, -0.2) is 4.79 Å². The first-order valence-corrected chi connectivity index (χ1v) is 7.66. The largest absolute Gasteiger partial charge is 0.465 e. The number of hydrogen-bond donors (Lipinski definition) is 2. The molecular weight excluding hydrogens is 290 g/mol. The zero-order chi connectivity index (χ0) is 16.0. The molecule has 0 aliphatic heterocycles. The van der Waals surface area contributed by atoms with E-state index in [4.69, 9.17) is 10.5 Å². The number of nitrogens with two attached hydrogens (primary N) is 1. The number of nitrogens with zero attached hydrogens (tertiary/aromatic N) is 1. The molecule has 0 saturated heterocycles. The van der Waals surface area contributed by atoms with Crippen LogP contribution in [-0.4, -0.2) is 50.9 Å². The number of Topliss-reactive ketones (excluding diaryl/α,β-unsaturated/α-hetero) is 1. The molecular formula is C14H23N3O3S. The predicted molar refractivity (Wildman–Crippen MR) is 86.4 cm³/mol. The Morgan fingerprint density at radius 3 is 2.57 bits per heavy atom. The third kappa shape index (κ3) is 4.44. The number of nitrogen functional groups attached to an aromatic ring is 1. The maximum Gasteiger partial charge on any atom is 0.343 e. The summed E-state index contributed by atoms with van der Waals surface area (Å²) in [6.45, 7) is 3.40. The number of thiophene rings is 1. The molecule has 0 atom stereocenters. The minimum atomic E-state index is -0.519. The van der Waals surface area contributed by atoms with Crippen molar-refractivity contribution in [1.82, 2.24) is 4.90 Å². The van der Waals surface area contributed by atoms with Crippen LogP contribution in [-0.2, 0) is 4.74 Å². The molecule has 0 aliphatic carbocycles. The highest BCUT2D eigenvalue weighted by Gasteiger charge is 2.25. The van der Waals surface area contributed by atoms with E-state index in [2.05, 4.69) is 10.2 Å². The lowest BCUT2D eigenvalue weighted by molar-refractivity contribution is 0.0603. The van der Waals surface area contributed by atoms with Crippen molar-refractivity contribution < 1.29 is 14.3 Å². The molecule has 7 heteroatoms. The van der Waals surface area contributed by atoms with Gasteiger partial charge in [0, 0.05) is 13.0 Å². The Morgan fingerprint density at radius 2 is 2.05 bits per heavy atom. The maximum atomic E-state index is 11.9. The number of ketones is 1. The van der Waals surface area contributed by atoms with Gasteiger partial charge in [-0.3, -0.25) is 4.79 Å².